The second kappa shape index (κ2) is 6.16. The molecule has 2 aromatic heterocycles. The monoisotopic (exact) mass is 369 g/mol. The zero-order valence-electron chi connectivity index (χ0n) is 15.2. The van der Waals surface area contributed by atoms with E-state index in [1.54, 1.807) is 10.9 Å². The van der Waals surface area contributed by atoms with Gasteiger partial charge in [-0.2, -0.15) is 10.1 Å². The van der Waals surface area contributed by atoms with E-state index in [9.17, 15) is 4.79 Å². The number of hydrogen-bond acceptors (Lipinski definition) is 5. The van der Waals surface area contributed by atoms with Gasteiger partial charge in [0.1, 0.15) is 5.39 Å². The van der Waals surface area contributed by atoms with Crippen LogP contribution in [0.15, 0.2) is 46.2 Å². The largest absolute Gasteiger partial charge is 0.354 e. The predicted molar refractivity (Wildman–Crippen MR) is 106 cm³/mol. The smallest absolute Gasteiger partial charge is 0.263 e. The summed E-state index contributed by atoms with van der Waals surface area (Å²) in [5.41, 5.74) is 0.221. The van der Waals surface area contributed by atoms with Crippen LogP contribution in [0.4, 0.5) is 5.95 Å². The molecule has 0 radical (unpaired) electrons. The van der Waals surface area contributed by atoms with Gasteiger partial charge >= 0.3 is 0 Å². The van der Waals surface area contributed by atoms with Crippen LogP contribution >= 0.6 is 11.8 Å². The maximum atomic E-state index is 12.4. The molecule has 0 spiro atoms. The normalized spacial score (nSPS) is 16.0. The van der Waals surface area contributed by atoms with E-state index in [0.717, 1.165) is 19.4 Å². The lowest BCUT2D eigenvalue weighted by Crippen LogP contribution is -2.25. The topological polar surface area (TPSA) is 75.6 Å². The van der Waals surface area contributed by atoms with Crippen molar-refractivity contribution in [1.82, 2.24) is 19.7 Å². The van der Waals surface area contributed by atoms with Gasteiger partial charge in [-0.15, -0.1) is 11.8 Å². The standard InChI is InChI=1S/C19H23N5OS/c1-18(2,3)24-15-14(11-21-24)16(25)23-17(22-15)20-12-19(9-10-19)26-13-7-5-4-6-8-13/h4-8,11H,9-10,12H2,1-3H3,(H2,20,22,23,25). The maximum absolute atomic E-state index is 12.4. The van der Waals surface area contributed by atoms with Crippen molar-refractivity contribution in [3.05, 3.63) is 46.9 Å². The molecule has 1 aliphatic carbocycles. The van der Waals surface area contributed by atoms with E-state index in [2.05, 4.69) is 44.6 Å². The minimum Gasteiger partial charge on any atom is -0.354 e. The Morgan fingerprint density at radius 1 is 1.27 bits per heavy atom. The number of thioether (sulfide) groups is 1. The average Bonchev–Trinajstić information content (AvgIpc) is 3.19. The SMILES string of the molecule is CC(C)(C)n1ncc2c(=O)[nH]c(NCC3(Sc4ccccc4)CC3)nc21. The van der Waals surface area contributed by atoms with E-state index < -0.39 is 0 Å². The minimum atomic E-state index is -0.235. The molecule has 0 saturated heterocycles. The van der Waals surface area contributed by atoms with Crippen LogP contribution in [0.3, 0.4) is 0 Å². The molecule has 136 valence electrons. The fraction of sp³-hybridized carbons (Fsp3) is 0.421. The minimum absolute atomic E-state index is 0.159. The number of fused-ring (bicyclic) bond motifs is 1. The molecule has 7 heteroatoms. The van der Waals surface area contributed by atoms with Gasteiger partial charge in [0, 0.05) is 16.2 Å². The van der Waals surface area contributed by atoms with E-state index in [1.807, 2.05) is 38.6 Å². The summed E-state index contributed by atoms with van der Waals surface area (Å²) in [6.07, 6.45) is 3.90. The fourth-order valence-corrected chi connectivity index (χ4v) is 4.17. The first-order valence-corrected chi connectivity index (χ1v) is 9.65. The molecule has 1 aromatic carbocycles. The Bertz CT molecular complexity index is 983. The quantitative estimate of drug-likeness (QED) is 0.718. The number of aromatic nitrogens is 4. The number of benzene rings is 1. The maximum Gasteiger partial charge on any atom is 0.263 e. The molecule has 6 nitrogen and oxygen atoms in total. The highest BCUT2D eigenvalue weighted by Gasteiger charge is 2.43. The van der Waals surface area contributed by atoms with Crippen LogP contribution in [0.5, 0.6) is 0 Å². The van der Waals surface area contributed by atoms with Gasteiger partial charge in [0.05, 0.1) is 11.7 Å². The van der Waals surface area contributed by atoms with Crippen molar-refractivity contribution >= 4 is 28.7 Å². The predicted octanol–water partition coefficient (Wildman–Crippen LogP) is 3.61. The van der Waals surface area contributed by atoms with Crippen molar-refractivity contribution in [3.63, 3.8) is 0 Å². The highest BCUT2D eigenvalue weighted by atomic mass is 32.2. The third-order valence-corrected chi connectivity index (χ3v) is 6.03. The lowest BCUT2D eigenvalue weighted by Gasteiger charge is -2.20. The molecule has 0 aliphatic heterocycles. The molecule has 2 heterocycles. The highest BCUT2D eigenvalue weighted by Crippen LogP contribution is 2.51. The van der Waals surface area contributed by atoms with Crippen molar-refractivity contribution < 1.29 is 0 Å². The molecular weight excluding hydrogens is 346 g/mol. The molecular formula is C19H23N5OS. The Morgan fingerprint density at radius 3 is 2.65 bits per heavy atom. The Labute approximate surface area is 156 Å². The third-order valence-electron chi connectivity index (χ3n) is 4.54. The fourth-order valence-electron chi connectivity index (χ4n) is 2.93. The van der Waals surface area contributed by atoms with Crippen molar-refractivity contribution in [3.8, 4) is 0 Å². The van der Waals surface area contributed by atoms with Crippen LogP contribution in [0, 0.1) is 0 Å². The van der Waals surface area contributed by atoms with Crippen LogP contribution in [-0.4, -0.2) is 31.0 Å². The van der Waals surface area contributed by atoms with E-state index in [0.29, 0.717) is 17.0 Å². The van der Waals surface area contributed by atoms with Gasteiger partial charge in [-0.05, 0) is 45.7 Å². The Morgan fingerprint density at radius 2 is 2.00 bits per heavy atom. The molecule has 3 aromatic rings. The summed E-state index contributed by atoms with van der Waals surface area (Å²) in [5, 5.41) is 8.21. The summed E-state index contributed by atoms with van der Waals surface area (Å²) >= 11 is 1.89. The number of hydrogen-bond donors (Lipinski definition) is 2. The molecule has 1 saturated carbocycles. The van der Waals surface area contributed by atoms with Crippen molar-refractivity contribution in [2.45, 2.75) is 48.8 Å². The lowest BCUT2D eigenvalue weighted by molar-refractivity contribution is 0.366. The van der Waals surface area contributed by atoms with Crippen molar-refractivity contribution in [1.29, 1.82) is 0 Å². The van der Waals surface area contributed by atoms with E-state index in [-0.39, 0.29) is 15.8 Å². The van der Waals surface area contributed by atoms with Crippen LogP contribution in [-0.2, 0) is 5.54 Å². The second-order valence-corrected chi connectivity index (χ2v) is 9.37. The molecule has 0 bridgehead atoms. The molecule has 0 amide bonds. The van der Waals surface area contributed by atoms with E-state index in [1.165, 1.54) is 4.90 Å². The molecule has 1 aliphatic rings. The Kier molecular flexibility index (Phi) is 4.06. The summed E-state index contributed by atoms with van der Waals surface area (Å²) in [4.78, 5) is 21.1. The third kappa shape index (κ3) is 3.35. The zero-order valence-corrected chi connectivity index (χ0v) is 16.1. The first-order chi connectivity index (χ1) is 12.4. The first kappa shape index (κ1) is 17.1. The number of H-pyrrole nitrogens is 1. The van der Waals surface area contributed by atoms with Crippen molar-refractivity contribution in [2.75, 3.05) is 11.9 Å². The van der Waals surface area contributed by atoms with E-state index >= 15 is 0 Å². The molecule has 2 N–H and O–H groups in total. The number of nitrogens with one attached hydrogen (secondary N) is 2. The number of rotatable bonds is 5. The summed E-state index contributed by atoms with van der Waals surface area (Å²) in [5.74, 6) is 0.508. The van der Waals surface area contributed by atoms with Crippen LogP contribution < -0.4 is 10.9 Å². The highest BCUT2D eigenvalue weighted by molar-refractivity contribution is 8.01. The Hall–Kier alpha value is -2.28. The van der Waals surface area contributed by atoms with Crippen LogP contribution in [0.1, 0.15) is 33.6 Å². The second-order valence-electron chi connectivity index (χ2n) is 7.83. The van der Waals surface area contributed by atoms with Gasteiger partial charge in [0.15, 0.2) is 5.65 Å². The summed E-state index contributed by atoms with van der Waals surface area (Å²) in [6.45, 7) is 6.91. The van der Waals surface area contributed by atoms with Crippen molar-refractivity contribution in [2.24, 2.45) is 0 Å². The molecule has 0 atom stereocenters. The average molecular weight is 369 g/mol. The first-order valence-electron chi connectivity index (χ1n) is 8.83. The number of aromatic amines is 1. The number of nitrogens with zero attached hydrogens (tertiary/aromatic N) is 3. The van der Waals surface area contributed by atoms with Gasteiger partial charge in [0.25, 0.3) is 5.56 Å². The summed E-state index contributed by atoms with van der Waals surface area (Å²) < 4.78 is 1.98. The summed E-state index contributed by atoms with van der Waals surface area (Å²) in [6, 6.07) is 10.4. The van der Waals surface area contributed by atoms with Gasteiger partial charge in [-0.3, -0.25) is 9.78 Å². The Balaban J connectivity index is 1.55. The van der Waals surface area contributed by atoms with Gasteiger partial charge in [-0.1, -0.05) is 18.2 Å². The lowest BCUT2D eigenvalue weighted by atomic mass is 10.1. The molecule has 1 fully saturated rings. The number of anilines is 1. The van der Waals surface area contributed by atoms with E-state index in [4.69, 9.17) is 0 Å². The van der Waals surface area contributed by atoms with Gasteiger partial charge in [-0.25, -0.2) is 4.68 Å². The van der Waals surface area contributed by atoms with Crippen LogP contribution in [0.2, 0.25) is 0 Å². The molecule has 4 rings (SSSR count). The summed E-state index contributed by atoms with van der Waals surface area (Å²) in [7, 11) is 0. The zero-order chi connectivity index (χ0) is 18.4. The van der Waals surface area contributed by atoms with Gasteiger partial charge < -0.3 is 5.32 Å². The molecule has 26 heavy (non-hydrogen) atoms. The van der Waals surface area contributed by atoms with Gasteiger partial charge in [0.2, 0.25) is 5.95 Å². The molecule has 0 unspecified atom stereocenters. The van der Waals surface area contributed by atoms with Crippen LogP contribution in [0.25, 0.3) is 11.0 Å².